The van der Waals surface area contributed by atoms with Gasteiger partial charge in [-0.3, -0.25) is 34.7 Å². The molecule has 4 heterocycles. The Morgan fingerprint density at radius 3 is 2.12 bits per heavy atom. The van der Waals surface area contributed by atoms with E-state index in [-0.39, 0.29) is 55.7 Å². The average molecular weight is 824 g/mol. The first-order valence-corrected chi connectivity index (χ1v) is 19.3. The summed E-state index contributed by atoms with van der Waals surface area (Å²) in [4.78, 5) is 96.6. The predicted octanol–water partition coefficient (Wildman–Crippen LogP) is 3.37. The molecule has 0 saturated carbocycles. The van der Waals surface area contributed by atoms with Crippen molar-refractivity contribution in [3.05, 3.63) is 90.5 Å². The number of likely N-dealkylation sites (tertiary alicyclic amines) is 1. The van der Waals surface area contributed by atoms with Gasteiger partial charge in [0.25, 0.3) is 11.4 Å². The minimum atomic E-state index is -1.30. The molecule has 2 N–H and O–H groups in total. The molecule has 21 heteroatoms. The average Bonchev–Trinajstić information content (AvgIpc) is 3.61. The van der Waals surface area contributed by atoms with E-state index in [0.29, 0.717) is 42.1 Å². The van der Waals surface area contributed by atoms with E-state index in [0.717, 1.165) is 0 Å². The maximum Gasteiger partial charge on any atom is 0.435 e. The van der Waals surface area contributed by atoms with Crippen LogP contribution in [0.15, 0.2) is 64.1 Å². The Kier molecular flexibility index (Phi) is 12.6. The number of fused-ring (bicyclic) bond motifs is 1. The van der Waals surface area contributed by atoms with Crippen molar-refractivity contribution >= 4 is 59.4 Å². The minimum Gasteiger partial charge on any atom is -0.477 e. The number of aliphatic hydroxyl groups excluding tert-OH is 1. The van der Waals surface area contributed by atoms with Crippen LogP contribution in [0.1, 0.15) is 37.8 Å². The molecule has 6 rings (SSSR count). The van der Waals surface area contributed by atoms with Gasteiger partial charge in [-0.05, 0) is 55.2 Å². The molecule has 0 aliphatic carbocycles. The van der Waals surface area contributed by atoms with E-state index < -0.39 is 69.2 Å². The van der Waals surface area contributed by atoms with Crippen LogP contribution in [-0.4, -0.2) is 132 Å². The van der Waals surface area contributed by atoms with Crippen LogP contribution in [0.5, 0.6) is 0 Å². The Balaban J connectivity index is 1.12. The van der Waals surface area contributed by atoms with E-state index in [1.165, 1.54) is 83.4 Å². The molecular weight excluding hydrogens is 783 g/mol. The highest BCUT2D eigenvalue weighted by Crippen LogP contribution is 2.52. The summed E-state index contributed by atoms with van der Waals surface area (Å²) in [6, 6.07) is 9.47. The number of hydrogen-bond donors (Lipinski definition) is 2. The van der Waals surface area contributed by atoms with Gasteiger partial charge in [-0.2, -0.15) is 4.99 Å². The van der Waals surface area contributed by atoms with Crippen molar-refractivity contribution in [2.24, 2.45) is 16.8 Å². The van der Waals surface area contributed by atoms with Crippen molar-refractivity contribution in [3.63, 3.8) is 0 Å². The van der Waals surface area contributed by atoms with Crippen LogP contribution in [0.2, 0.25) is 0 Å². The van der Waals surface area contributed by atoms with Crippen LogP contribution < -0.4 is 0 Å². The lowest BCUT2D eigenvalue weighted by atomic mass is 9.79. The molecule has 0 bridgehead atoms. The van der Waals surface area contributed by atoms with Gasteiger partial charge in [-0.1, -0.05) is 6.92 Å². The first-order valence-electron chi connectivity index (χ1n) is 18.4. The van der Waals surface area contributed by atoms with Gasteiger partial charge in [-0.25, -0.2) is 14.4 Å². The number of benzene rings is 2. The van der Waals surface area contributed by atoms with Gasteiger partial charge in [0.15, 0.2) is 0 Å². The lowest BCUT2D eigenvalue weighted by Crippen LogP contribution is -2.63. The van der Waals surface area contributed by atoms with Crippen molar-refractivity contribution in [1.82, 2.24) is 19.6 Å². The fourth-order valence-corrected chi connectivity index (χ4v) is 9.15. The Bertz CT molecular complexity index is 2030. The van der Waals surface area contributed by atoms with Gasteiger partial charge < -0.3 is 34.4 Å². The molecule has 2 aromatic carbocycles. The number of hydrogen-bond acceptors (Lipinski definition) is 13. The van der Waals surface area contributed by atoms with Crippen LogP contribution in [-0.2, 0) is 37.1 Å². The van der Waals surface area contributed by atoms with Crippen molar-refractivity contribution < 1.29 is 53.5 Å². The second-order valence-electron chi connectivity index (χ2n) is 14.3. The molecule has 3 saturated heterocycles. The molecule has 0 radical (unpaired) electrons. The smallest absolute Gasteiger partial charge is 0.435 e. The maximum atomic E-state index is 14.2. The molecule has 0 unspecified atom stereocenters. The highest BCUT2D eigenvalue weighted by atomic mass is 32.2. The van der Waals surface area contributed by atoms with Crippen molar-refractivity contribution in [1.29, 1.82) is 0 Å². The number of carboxylic acids is 1. The molecule has 58 heavy (non-hydrogen) atoms. The van der Waals surface area contributed by atoms with Crippen molar-refractivity contribution in [2.75, 3.05) is 32.7 Å². The predicted molar refractivity (Wildman–Crippen MR) is 204 cm³/mol. The SMILES string of the molecule is C[C@@H](O)[C@H]1C(=O)N2C(C(=O)O)=C(S[C@H]3C[C@@H](C(=O)N4CCCN(C=NC(=O)OCc5ccc([N+](=O)[O-])cc5)CC4)N(C(=O)OCc4ccc([N+](=O)[O-])cc4)C3)[C@H](C)[C@H]12. The maximum absolute atomic E-state index is 14.2. The molecule has 4 aliphatic rings. The summed E-state index contributed by atoms with van der Waals surface area (Å²) in [5.74, 6) is -3.32. The molecule has 4 aliphatic heterocycles. The van der Waals surface area contributed by atoms with E-state index in [9.17, 15) is 54.4 Å². The van der Waals surface area contributed by atoms with E-state index in [1.54, 1.807) is 16.7 Å². The van der Waals surface area contributed by atoms with Gasteiger partial charge >= 0.3 is 18.2 Å². The number of β-lactam (4-membered cyclic amide) rings is 1. The number of amides is 4. The lowest BCUT2D eigenvalue weighted by molar-refractivity contribution is -0.385. The minimum absolute atomic E-state index is 0.0103. The molecule has 308 valence electrons. The van der Waals surface area contributed by atoms with Crippen molar-refractivity contribution in [3.8, 4) is 0 Å². The first kappa shape index (κ1) is 41.5. The summed E-state index contributed by atoms with van der Waals surface area (Å²) in [5.41, 5.74) is 0.619. The fourth-order valence-electron chi connectivity index (χ4n) is 7.63. The Morgan fingerprint density at radius 2 is 1.55 bits per heavy atom. The number of aliphatic carboxylic acids is 1. The van der Waals surface area contributed by atoms with Gasteiger partial charge in [0.2, 0.25) is 11.8 Å². The second kappa shape index (κ2) is 17.6. The number of rotatable bonds is 12. The molecule has 20 nitrogen and oxygen atoms in total. The number of carboxylic acid groups (broad SMARTS) is 1. The van der Waals surface area contributed by atoms with Crippen LogP contribution in [0.25, 0.3) is 0 Å². The van der Waals surface area contributed by atoms with Crippen molar-refractivity contribution in [2.45, 2.75) is 63.3 Å². The summed E-state index contributed by atoms with van der Waals surface area (Å²) >= 11 is 1.19. The third-order valence-electron chi connectivity index (χ3n) is 10.6. The largest absolute Gasteiger partial charge is 0.477 e. The molecular formula is C37H41N7O13S. The third-order valence-corrected chi connectivity index (χ3v) is 12.1. The number of ether oxygens (including phenoxy) is 2. The number of carbonyl (C=O) groups excluding carboxylic acids is 4. The summed E-state index contributed by atoms with van der Waals surface area (Å²) in [6.07, 6.45) is -0.711. The quantitative estimate of drug-likeness (QED) is 0.102. The standard InChI is InChI=1S/C37H41N7O13S/c1-21-30-29(22(2)45)34(47)42(30)31(35(48)49)32(21)58-27-16-28(41(17-27)37(51)57-19-24-6-10-26(11-7-24)44(54)55)33(46)40-13-3-12-39(14-15-40)20-38-36(50)56-18-23-4-8-25(9-5-23)43(52)53/h4-11,20-22,27-30,45H,3,12-19H2,1-2H3,(H,48,49)/t21-,22-,27+,28+,29-,30-/m1/s1. The molecule has 0 aromatic heterocycles. The zero-order valence-corrected chi connectivity index (χ0v) is 32.3. The number of thioether (sulfide) groups is 1. The number of nitrogens with zero attached hydrogens (tertiary/aromatic N) is 7. The number of non-ortho nitro benzene ring substituents is 2. The number of aliphatic hydroxyl groups is 1. The Morgan fingerprint density at radius 1 is 0.948 bits per heavy atom. The van der Waals surface area contributed by atoms with Gasteiger partial charge in [0.1, 0.15) is 25.0 Å². The van der Waals surface area contributed by atoms with Crippen LogP contribution in [0.4, 0.5) is 21.0 Å². The van der Waals surface area contributed by atoms with Crippen LogP contribution >= 0.6 is 11.8 Å². The van der Waals surface area contributed by atoms with E-state index >= 15 is 0 Å². The molecule has 4 amide bonds. The van der Waals surface area contributed by atoms with Crippen LogP contribution in [0.3, 0.4) is 0 Å². The molecule has 2 aromatic rings. The summed E-state index contributed by atoms with van der Waals surface area (Å²) in [7, 11) is 0. The topological polar surface area (TPSA) is 256 Å². The number of nitro groups is 2. The monoisotopic (exact) mass is 823 g/mol. The number of aliphatic imine (C=N–C) groups is 1. The zero-order chi connectivity index (χ0) is 41.8. The number of carbonyl (C=O) groups is 5. The lowest BCUT2D eigenvalue weighted by Gasteiger charge is -2.46. The summed E-state index contributed by atoms with van der Waals surface area (Å²) < 4.78 is 10.7. The van der Waals surface area contributed by atoms with Gasteiger partial charge in [0.05, 0.1) is 34.2 Å². The van der Waals surface area contributed by atoms with E-state index in [2.05, 4.69) is 4.99 Å². The highest BCUT2D eigenvalue weighted by Gasteiger charge is 2.60. The van der Waals surface area contributed by atoms with Gasteiger partial charge in [0, 0.05) is 73.1 Å². The Labute approximate surface area is 335 Å². The third kappa shape index (κ3) is 8.89. The Hall–Kier alpha value is -6.09. The zero-order valence-electron chi connectivity index (χ0n) is 31.4. The highest BCUT2D eigenvalue weighted by molar-refractivity contribution is 8.03. The molecule has 6 atom stereocenters. The summed E-state index contributed by atoms with van der Waals surface area (Å²) in [6.45, 7) is 4.19. The molecule has 0 spiro atoms. The summed E-state index contributed by atoms with van der Waals surface area (Å²) in [5, 5.41) is 41.9. The normalized spacial score (nSPS) is 23.6. The van der Waals surface area contributed by atoms with Gasteiger partial charge in [-0.15, -0.1) is 11.8 Å². The first-order chi connectivity index (χ1) is 27.6. The molecule has 3 fully saturated rings. The van der Waals surface area contributed by atoms with E-state index in [4.69, 9.17) is 9.47 Å². The van der Waals surface area contributed by atoms with Crippen LogP contribution in [0, 0.1) is 32.1 Å². The number of nitro benzene ring substituents is 2. The fraction of sp³-hybridized carbons (Fsp3) is 0.459. The van der Waals surface area contributed by atoms with E-state index in [1.807, 2.05) is 0 Å². The second-order valence-corrected chi connectivity index (χ2v) is 15.7.